The third-order valence-electron chi connectivity index (χ3n) is 5.49. The Kier molecular flexibility index (Phi) is 7.45. The minimum Gasteiger partial charge on any atom is -0.308 e. The van der Waals surface area contributed by atoms with Crippen LogP contribution in [0.5, 0.6) is 0 Å². The maximum Gasteiger partial charge on any atom is 0.243 e. The van der Waals surface area contributed by atoms with Crippen molar-refractivity contribution in [2.75, 3.05) is 18.4 Å². The molecule has 1 aliphatic heterocycles. The van der Waals surface area contributed by atoms with Gasteiger partial charge in [0.25, 0.3) is 0 Å². The predicted molar refractivity (Wildman–Crippen MR) is 132 cm³/mol. The summed E-state index contributed by atoms with van der Waals surface area (Å²) in [5.41, 5.74) is 1.03. The van der Waals surface area contributed by atoms with E-state index in [9.17, 15) is 13.2 Å². The first kappa shape index (κ1) is 24.2. The van der Waals surface area contributed by atoms with E-state index in [1.54, 1.807) is 23.0 Å². The predicted octanol–water partition coefficient (Wildman–Crippen LogP) is 5.04. The van der Waals surface area contributed by atoms with Crippen LogP contribution in [0.25, 0.3) is 0 Å². The fraction of sp³-hybridized carbons (Fsp3) is 0.273. The second kappa shape index (κ2) is 10.1. The first-order valence-corrected chi connectivity index (χ1v) is 13.3. The highest BCUT2D eigenvalue weighted by atomic mass is 79.9. The van der Waals surface area contributed by atoms with Crippen LogP contribution in [0.2, 0.25) is 10.0 Å². The molecule has 1 fully saturated rings. The molecular weight excluding hydrogens is 551 g/mol. The second-order valence-electron chi connectivity index (χ2n) is 7.77. The quantitative estimate of drug-likeness (QED) is 0.449. The molecule has 0 unspecified atom stereocenters. The molecule has 3 aromatic rings. The second-order valence-corrected chi connectivity index (χ2v) is 11.4. The van der Waals surface area contributed by atoms with Gasteiger partial charge in [-0.15, -0.1) is 0 Å². The highest BCUT2D eigenvalue weighted by Crippen LogP contribution is 2.27. The number of hydrogen-bond acceptors (Lipinski definition) is 4. The summed E-state index contributed by atoms with van der Waals surface area (Å²) >= 11 is 15.2. The van der Waals surface area contributed by atoms with Gasteiger partial charge >= 0.3 is 0 Å². The molecule has 0 bridgehead atoms. The van der Waals surface area contributed by atoms with Crippen molar-refractivity contribution in [1.29, 1.82) is 0 Å². The average molecular weight is 572 g/mol. The molecule has 0 aliphatic carbocycles. The summed E-state index contributed by atoms with van der Waals surface area (Å²) in [6, 6.07) is 13.6. The Morgan fingerprint density at radius 3 is 2.21 bits per heavy atom. The fourth-order valence-corrected chi connectivity index (χ4v) is 5.81. The van der Waals surface area contributed by atoms with E-state index < -0.39 is 10.0 Å². The number of piperidine rings is 1. The van der Waals surface area contributed by atoms with Gasteiger partial charge in [0.15, 0.2) is 5.82 Å². The van der Waals surface area contributed by atoms with Crippen LogP contribution in [0.4, 0.5) is 5.82 Å². The molecule has 0 saturated carbocycles. The van der Waals surface area contributed by atoms with Gasteiger partial charge < -0.3 is 5.32 Å². The highest BCUT2D eigenvalue weighted by molar-refractivity contribution is 9.10. The molecule has 0 spiro atoms. The van der Waals surface area contributed by atoms with Crippen LogP contribution in [-0.4, -0.2) is 41.5 Å². The molecule has 2 aromatic carbocycles. The van der Waals surface area contributed by atoms with E-state index in [1.165, 1.54) is 16.4 Å². The van der Waals surface area contributed by atoms with Gasteiger partial charge in [-0.1, -0.05) is 35.3 Å². The van der Waals surface area contributed by atoms with Crippen LogP contribution >= 0.6 is 39.1 Å². The zero-order chi connectivity index (χ0) is 23.6. The molecule has 174 valence electrons. The monoisotopic (exact) mass is 570 g/mol. The molecule has 7 nitrogen and oxygen atoms in total. The lowest BCUT2D eigenvalue weighted by Gasteiger charge is -2.30. The molecule has 1 aromatic heterocycles. The summed E-state index contributed by atoms with van der Waals surface area (Å²) in [4.78, 5) is 13.0. The topological polar surface area (TPSA) is 84.3 Å². The molecule has 1 aliphatic rings. The van der Waals surface area contributed by atoms with Crippen molar-refractivity contribution in [2.24, 2.45) is 5.92 Å². The maximum atomic E-state index is 12.8. The van der Waals surface area contributed by atoms with Crippen molar-refractivity contribution in [3.05, 3.63) is 74.8 Å². The summed E-state index contributed by atoms with van der Waals surface area (Å²) in [6.07, 6.45) is 2.66. The number of anilines is 1. The molecule has 0 radical (unpaired) electrons. The van der Waals surface area contributed by atoms with Gasteiger partial charge in [-0.25, -0.2) is 8.42 Å². The van der Waals surface area contributed by atoms with E-state index in [2.05, 4.69) is 26.3 Å². The van der Waals surface area contributed by atoms with Gasteiger partial charge in [0.2, 0.25) is 15.9 Å². The number of amides is 1. The number of carbonyl (C=O) groups is 1. The Morgan fingerprint density at radius 2 is 1.61 bits per heavy atom. The lowest BCUT2D eigenvalue weighted by atomic mass is 9.97. The Morgan fingerprint density at radius 1 is 1.03 bits per heavy atom. The van der Waals surface area contributed by atoms with Crippen molar-refractivity contribution < 1.29 is 13.2 Å². The first-order valence-electron chi connectivity index (χ1n) is 10.3. The fourth-order valence-electron chi connectivity index (χ4n) is 3.67. The number of nitrogens with zero attached hydrogens (tertiary/aromatic N) is 3. The first-order chi connectivity index (χ1) is 15.7. The Hall–Kier alpha value is -1.91. The number of sulfonamides is 1. The number of nitrogens with one attached hydrogen (secondary N) is 1. The maximum absolute atomic E-state index is 12.8. The Labute approximate surface area is 210 Å². The van der Waals surface area contributed by atoms with Crippen molar-refractivity contribution in [3.8, 4) is 0 Å². The van der Waals surface area contributed by atoms with Crippen molar-refractivity contribution in [1.82, 2.24) is 14.1 Å². The SMILES string of the molecule is O=C(Nc1nn(Cc2ccc(Cl)cc2)cc1Br)C1CCN(S(=O)(=O)c2ccc(Cl)cc2)CC1. The number of rotatable bonds is 6. The molecule has 4 rings (SSSR count). The molecule has 1 N–H and O–H groups in total. The van der Waals surface area contributed by atoms with E-state index in [-0.39, 0.29) is 29.8 Å². The summed E-state index contributed by atoms with van der Waals surface area (Å²) < 4.78 is 29.5. The van der Waals surface area contributed by atoms with Gasteiger partial charge in [0.05, 0.1) is 15.9 Å². The summed E-state index contributed by atoms with van der Waals surface area (Å²) in [5.74, 6) is -0.0313. The van der Waals surface area contributed by atoms with Gasteiger partial charge in [-0.05, 0) is 70.7 Å². The molecule has 0 atom stereocenters. The standard InChI is InChI=1S/C22H21BrCl2N4O3S/c23-20-14-28(13-15-1-3-17(24)4-2-15)27-21(20)26-22(30)16-9-11-29(12-10-16)33(31,32)19-7-5-18(25)6-8-19/h1-8,14,16H,9-13H2,(H,26,27,30). The molecule has 11 heteroatoms. The van der Waals surface area contributed by atoms with E-state index >= 15 is 0 Å². The lowest BCUT2D eigenvalue weighted by Crippen LogP contribution is -2.41. The number of halogens is 3. The van der Waals surface area contributed by atoms with Gasteiger partial charge in [0.1, 0.15) is 0 Å². The number of benzene rings is 2. The number of hydrogen-bond donors (Lipinski definition) is 1. The van der Waals surface area contributed by atoms with E-state index in [0.29, 0.717) is 39.7 Å². The summed E-state index contributed by atoms with van der Waals surface area (Å²) in [5, 5.41) is 8.46. The molecular formula is C22H21BrCl2N4O3S. The van der Waals surface area contributed by atoms with Gasteiger partial charge in [0, 0.05) is 35.2 Å². The van der Waals surface area contributed by atoms with Gasteiger partial charge in [-0.3, -0.25) is 9.48 Å². The minimum absolute atomic E-state index is 0.170. The molecule has 1 amide bonds. The number of aromatic nitrogens is 2. The molecule has 1 saturated heterocycles. The van der Waals surface area contributed by atoms with Crippen LogP contribution in [0.15, 0.2) is 64.1 Å². The Bertz CT molecular complexity index is 1240. The zero-order valence-electron chi connectivity index (χ0n) is 17.4. The Balaban J connectivity index is 1.35. The van der Waals surface area contributed by atoms with E-state index in [0.717, 1.165) is 5.56 Å². The average Bonchev–Trinajstić information content (AvgIpc) is 3.14. The largest absolute Gasteiger partial charge is 0.308 e. The third-order valence-corrected chi connectivity index (χ3v) is 8.49. The van der Waals surface area contributed by atoms with Crippen LogP contribution in [-0.2, 0) is 21.4 Å². The van der Waals surface area contributed by atoms with Crippen molar-refractivity contribution in [2.45, 2.75) is 24.3 Å². The van der Waals surface area contributed by atoms with E-state index in [1.807, 2.05) is 24.3 Å². The lowest BCUT2D eigenvalue weighted by molar-refractivity contribution is -0.120. The third kappa shape index (κ3) is 5.78. The highest BCUT2D eigenvalue weighted by Gasteiger charge is 2.32. The normalized spacial score (nSPS) is 15.5. The number of carbonyl (C=O) groups excluding carboxylic acids is 1. The summed E-state index contributed by atoms with van der Waals surface area (Å²) in [6.45, 7) is 1.08. The van der Waals surface area contributed by atoms with Crippen molar-refractivity contribution >= 4 is 60.9 Å². The summed E-state index contributed by atoms with van der Waals surface area (Å²) in [7, 11) is -3.61. The molecule has 2 heterocycles. The van der Waals surface area contributed by atoms with Crippen LogP contribution in [0.3, 0.4) is 0 Å². The van der Waals surface area contributed by atoms with Crippen LogP contribution in [0, 0.1) is 5.92 Å². The van der Waals surface area contributed by atoms with Crippen molar-refractivity contribution in [3.63, 3.8) is 0 Å². The van der Waals surface area contributed by atoms with Gasteiger partial charge in [-0.2, -0.15) is 9.40 Å². The molecule has 33 heavy (non-hydrogen) atoms. The smallest absolute Gasteiger partial charge is 0.243 e. The zero-order valence-corrected chi connectivity index (χ0v) is 21.3. The minimum atomic E-state index is -3.61. The van der Waals surface area contributed by atoms with Crippen LogP contribution < -0.4 is 5.32 Å². The van der Waals surface area contributed by atoms with E-state index in [4.69, 9.17) is 23.2 Å². The van der Waals surface area contributed by atoms with Crippen LogP contribution in [0.1, 0.15) is 18.4 Å².